The Balaban J connectivity index is 2.24. The molecule has 8 heteroatoms. The summed E-state index contributed by atoms with van der Waals surface area (Å²) in [5, 5.41) is 2.41. The van der Waals surface area contributed by atoms with Gasteiger partial charge in [0.05, 0.1) is 10.4 Å². The van der Waals surface area contributed by atoms with E-state index in [0.717, 1.165) is 0 Å². The number of carbonyl (C=O) groups excluding carboxylic acids is 1. The summed E-state index contributed by atoms with van der Waals surface area (Å²) in [7, 11) is 0. The summed E-state index contributed by atoms with van der Waals surface area (Å²) in [6.07, 6.45) is 1.17. The van der Waals surface area contributed by atoms with E-state index in [1.807, 2.05) is 0 Å². The molecule has 0 saturated heterocycles. The van der Waals surface area contributed by atoms with Crippen molar-refractivity contribution in [3.05, 3.63) is 0 Å². The number of alkyl halides is 3. The maximum atomic E-state index is 11.8. The summed E-state index contributed by atoms with van der Waals surface area (Å²) in [5.74, 6) is -0.564. The van der Waals surface area contributed by atoms with Crippen LogP contribution in [0.25, 0.3) is 0 Å². The van der Waals surface area contributed by atoms with E-state index in [1.165, 1.54) is 0 Å². The second-order valence-electron chi connectivity index (χ2n) is 3.50. The topological polar surface area (TPSA) is 55.1 Å². The molecule has 0 aliphatic heterocycles. The van der Waals surface area contributed by atoms with E-state index in [0.29, 0.717) is 12.8 Å². The molecule has 16 heavy (non-hydrogen) atoms. The molecule has 0 aromatic carbocycles. The molecule has 1 aliphatic rings. The van der Waals surface area contributed by atoms with Crippen LogP contribution >= 0.6 is 24.0 Å². The zero-order valence-corrected chi connectivity index (χ0v) is 9.90. The van der Waals surface area contributed by atoms with Gasteiger partial charge in [-0.05, 0) is 24.6 Å². The standard InChI is InChI=1S/C8H11F3N2OS2/c9-8(10,11)16-4-3-13-6(14)7(1-2-7)5(12)15/h1-4H2,(H2,12,15)(H,13,14). The highest BCUT2D eigenvalue weighted by atomic mass is 32.2. The number of carbonyl (C=O) groups is 1. The molecule has 0 atom stereocenters. The minimum absolute atomic E-state index is 0.0344. The molecule has 3 N–H and O–H groups in total. The summed E-state index contributed by atoms with van der Waals surface area (Å²) in [4.78, 5) is 11.6. The average Bonchev–Trinajstić information content (AvgIpc) is 2.90. The third kappa shape index (κ3) is 3.51. The fourth-order valence-electron chi connectivity index (χ4n) is 1.21. The lowest BCUT2D eigenvalue weighted by Gasteiger charge is -2.13. The normalized spacial score (nSPS) is 17.9. The molecule has 1 aliphatic carbocycles. The van der Waals surface area contributed by atoms with Crippen molar-refractivity contribution in [1.29, 1.82) is 0 Å². The van der Waals surface area contributed by atoms with Crippen LogP contribution in [0.5, 0.6) is 0 Å². The van der Waals surface area contributed by atoms with Crippen LogP contribution in [-0.2, 0) is 4.79 Å². The first-order valence-electron chi connectivity index (χ1n) is 4.57. The van der Waals surface area contributed by atoms with Gasteiger partial charge in [-0.2, -0.15) is 13.2 Å². The largest absolute Gasteiger partial charge is 0.441 e. The van der Waals surface area contributed by atoms with Gasteiger partial charge in [0.15, 0.2) is 0 Å². The van der Waals surface area contributed by atoms with Gasteiger partial charge >= 0.3 is 5.51 Å². The van der Waals surface area contributed by atoms with Crippen LogP contribution < -0.4 is 11.1 Å². The Morgan fingerprint density at radius 3 is 2.44 bits per heavy atom. The minimum Gasteiger partial charge on any atom is -0.392 e. The number of rotatable bonds is 5. The fourth-order valence-corrected chi connectivity index (χ4v) is 1.94. The van der Waals surface area contributed by atoms with Gasteiger partial charge in [0, 0.05) is 12.3 Å². The summed E-state index contributed by atoms with van der Waals surface area (Å²) >= 11 is 4.58. The van der Waals surface area contributed by atoms with Crippen molar-refractivity contribution >= 4 is 34.9 Å². The van der Waals surface area contributed by atoms with Gasteiger partial charge in [-0.15, -0.1) is 0 Å². The minimum atomic E-state index is -4.26. The number of hydrogen-bond donors (Lipinski definition) is 2. The quantitative estimate of drug-likeness (QED) is 0.587. The predicted octanol–water partition coefficient (Wildman–Crippen LogP) is 1.42. The number of nitrogens with one attached hydrogen (secondary N) is 1. The SMILES string of the molecule is NC(=S)C1(C(=O)NCCSC(F)(F)F)CC1. The summed E-state index contributed by atoms with van der Waals surface area (Å²) in [6.45, 7) is -0.0344. The number of amides is 1. The molecule has 1 rings (SSSR count). The number of thioether (sulfide) groups is 1. The van der Waals surface area contributed by atoms with Gasteiger partial charge in [-0.25, -0.2) is 0 Å². The highest BCUT2D eigenvalue weighted by Gasteiger charge is 2.52. The van der Waals surface area contributed by atoms with E-state index in [1.54, 1.807) is 0 Å². The van der Waals surface area contributed by atoms with Gasteiger partial charge < -0.3 is 11.1 Å². The van der Waals surface area contributed by atoms with E-state index in [-0.39, 0.29) is 35.0 Å². The molecule has 0 bridgehead atoms. The summed E-state index contributed by atoms with van der Waals surface area (Å²) in [6, 6.07) is 0. The number of nitrogens with two attached hydrogens (primary N) is 1. The highest BCUT2D eigenvalue weighted by Crippen LogP contribution is 2.46. The Bertz CT molecular complexity index is 302. The zero-order valence-electron chi connectivity index (χ0n) is 8.26. The van der Waals surface area contributed by atoms with Crippen molar-refractivity contribution in [2.45, 2.75) is 18.3 Å². The lowest BCUT2D eigenvalue weighted by molar-refractivity contribution is -0.123. The summed E-state index contributed by atoms with van der Waals surface area (Å²) < 4.78 is 35.3. The molecule has 1 amide bonds. The average molecular weight is 272 g/mol. The third-order valence-corrected chi connectivity index (χ3v) is 3.44. The van der Waals surface area contributed by atoms with Crippen molar-refractivity contribution in [3.63, 3.8) is 0 Å². The molecule has 0 spiro atoms. The number of hydrogen-bond acceptors (Lipinski definition) is 3. The molecule has 0 radical (unpaired) electrons. The van der Waals surface area contributed by atoms with E-state index in [2.05, 4.69) is 5.32 Å². The molecule has 92 valence electrons. The molecule has 0 unspecified atom stereocenters. The molecule has 0 heterocycles. The van der Waals surface area contributed by atoms with Crippen LogP contribution in [0.3, 0.4) is 0 Å². The van der Waals surface area contributed by atoms with Gasteiger partial charge in [0.25, 0.3) is 0 Å². The first kappa shape index (κ1) is 13.6. The first-order chi connectivity index (χ1) is 7.28. The maximum absolute atomic E-state index is 11.8. The van der Waals surface area contributed by atoms with Crippen LogP contribution in [-0.4, -0.2) is 28.7 Å². The Hall–Kier alpha value is -0.500. The molecule has 1 fully saturated rings. The van der Waals surface area contributed by atoms with Gasteiger partial charge in [-0.1, -0.05) is 12.2 Å². The predicted molar refractivity (Wildman–Crippen MR) is 60.0 cm³/mol. The number of halogens is 3. The van der Waals surface area contributed by atoms with Crippen LogP contribution in [0.4, 0.5) is 13.2 Å². The third-order valence-electron chi connectivity index (χ3n) is 2.31. The number of thiocarbonyl (C=S) groups is 1. The molecular formula is C8H11F3N2OS2. The van der Waals surface area contributed by atoms with Gasteiger partial charge in [0.1, 0.15) is 0 Å². The van der Waals surface area contributed by atoms with Crippen LogP contribution in [0, 0.1) is 5.41 Å². The molecule has 1 saturated carbocycles. The van der Waals surface area contributed by atoms with E-state index in [4.69, 9.17) is 18.0 Å². The summed E-state index contributed by atoms with van der Waals surface area (Å²) in [5.41, 5.74) is 0.340. The van der Waals surface area contributed by atoms with E-state index >= 15 is 0 Å². The second kappa shape index (κ2) is 4.79. The Morgan fingerprint density at radius 2 is 2.06 bits per heavy atom. The van der Waals surface area contributed by atoms with Gasteiger partial charge in [-0.3, -0.25) is 4.79 Å². The van der Waals surface area contributed by atoms with Crippen molar-refractivity contribution in [3.8, 4) is 0 Å². The Kier molecular flexibility index (Phi) is 4.06. The molecular weight excluding hydrogens is 261 g/mol. The lowest BCUT2D eigenvalue weighted by atomic mass is 10.1. The Labute approximate surface area is 100 Å². The maximum Gasteiger partial charge on any atom is 0.441 e. The fraction of sp³-hybridized carbons (Fsp3) is 0.750. The Morgan fingerprint density at radius 1 is 1.50 bits per heavy atom. The van der Waals surface area contributed by atoms with Crippen molar-refractivity contribution in [1.82, 2.24) is 5.32 Å². The van der Waals surface area contributed by atoms with E-state index < -0.39 is 10.9 Å². The molecule has 0 aromatic rings. The zero-order chi connectivity index (χ0) is 12.4. The molecule has 3 nitrogen and oxygen atoms in total. The van der Waals surface area contributed by atoms with Crippen LogP contribution in [0.15, 0.2) is 0 Å². The van der Waals surface area contributed by atoms with Crippen LogP contribution in [0.1, 0.15) is 12.8 Å². The second-order valence-corrected chi connectivity index (χ2v) is 5.10. The first-order valence-corrected chi connectivity index (χ1v) is 5.96. The van der Waals surface area contributed by atoms with Gasteiger partial charge in [0.2, 0.25) is 5.91 Å². The lowest BCUT2D eigenvalue weighted by Crippen LogP contribution is -2.40. The monoisotopic (exact) mass is 272 g/mol. The van der Waals surface area contributed by atoms with Crippen molar-refractivity contribution in [2.24, 2.45) is 11.1 Å². The van der Waals surface area contributed by atoms with Crippen molar-refractivity contribution in [2.75, 3.05) is 12.3 Å². The van der Waals surface area contributed by atoms with Crippen LogP contribution in [0.2, 0.25) is 0 Å². The molecule has 0 aromatic heterocycles. The highest BCUT2D eigenvalue weighted by molar-refractivity contribution is 8.00. The van der Waals surface area contributed by atoms with E-state index in [9.17, 15) is 18.0 Å². The smallest absolute Gasteiger partial charge is 0.392 e. The van der Waals surface area contributed by atoms with Crippen molar-refractivity contribution < 1.29 is 18.0 Å².